The lowest BCUT2D eigenvalue weighted by molar-refractivity contribution is 0.450. The Balaban J connectivity index is 2.56. The molecule has 1 fully saturated rings. The van der Waals surface area contributed by atoms with E-state index in [9.17, 15) is 29.8 Å². The average Bonchev–Trinajstić information content (AvgIpc) is 2.67. The summed E-state index contributed by atoms with van der Waals surface area (Å²) in [7, 11) is -13.1. The van der Waals surface area contributed by atoms with Crippen LogP contribution in [0.15, 0.2) is 35.2 Å². The first kappa shape index (κ1) is 15.4. The zero-order chi connectivity index (χ0) is 15.2. The van der Waals surface area contributed by atoms with Crippen molar-refractivity contribution in [1.29, 1.82) is 0 Å². The average molecular weight is 339 g/mol. The van der Waals surface area contributed by atoms with Crippen molar-refractivity contribution in [3.63, 3.8) is 0 Å². The molecule has 20 heavy (non-hydrogen) atoms. The topological polar surface area (TPSA) is 125 Å². The lowest BCUT2D eigenvalue weighted by Crippen LogP contribution is -2.38. The Bertz CT molecular complexity index is 807. The van der Waals surface area contributed by atoms with E-state index in [2.05, 4.69) is 0 Å². The Hall–Kier alpha value is -0.970. The van der Waals surface area contributed by atoms with E-state index in [-0.39, 0.29) is 4.90 Å². The van der Waals surface area contributed by atoms with E-state index in [0.29, 0.717) is 0 Å². The molecule has 1 aliphatic rings. The van der Waals surface area contributed by atoms with Crippen molar-refractivity contribution < 1.29 is 29.8 Å². The second-order valence-electron chi connectivity index (χ2n) is 4.50. The Kier molecular flexibility index (Phi) is 3.70. The van der Waals surface area contributed by atoms with Gasteiger partial charge in [0.25, 0.3) is 0 Å². The van der Waals surface area contributed by atoms with Gasteiger partial charge >= 0.3 is 0 Å². The van der Waals surface area contributed by atoms with Gasteiger partial charge in [-0.2, -0.15) is 0 Å². The van der Waals surface area contributed by atoms with Crippen LogP contribution >= 0.6 is 0 Å². The molecule has 0 radical (unpaired) electrons. The van der Waals surface area contributed by atoms with Gasteiger partial charge in [0.05, 0.1) is 37.0 Å². The molecule has 1 saturated heterocycles. The normalized spacial score (nSPS) is 26.4. The molecule has 2 rings (SSSR count). The molecule has 0 aliphatic carbocycles. The first-order valence-corrected chi connectivity index (χ1v) is 10.3. The molecule has 0 amide bonds. The minimum Gasteiger partial charge on any atom is -0.748 e. The first-order chi connectivity index (χ1) is 9.04. The maximum absolute atomic E-state index is 12.3. The molecular weight excluding hydrogens is 328 g/mol. The third-order valence-electron chi connectivity index (χ3n) is 3.09. The van der Waals surface area contributed by atoms with E-state index in [1.807, 2.05) is 0 Å². The van der Waals surface area contributed by atoms with Gasteiger partial charge < -0.3 is 4.55 Å². The van der Waals surface area contributed by atoms with E-state index in [1.165, 1.54) is 24.3 Å². The third-order valence-corrected chi connectivity index (χ3v) is 8.88. The van der Waals surface area contributed by atoms with E-state index in [4.69, 9.17) is 0 Å². The van der Waals surface area contributed by atoms with Gasteiger partial charge in [0.15, 0.2) is 19.7 Å². The van der Waals surface area contributed by atoms with Crippen molar-refractivity contribution in [2.24, 2.45) is 0 Å². The molecule has 2 atom stereocenters. The molecule has 1 aliphatic heterocycles. The number of rotatable bonds is 3. The summed E-state index contributed by atoms with van der Waals surface area (Å²) in [5.41, 5.74) is 0. The summed E-state index contributed by atoms with van der Waals surface area (Å²) < 4.78 is 81.0. The Morgan fingerprint density at radius 1 is 0.950 bits per heavy atom. The maximum Gasteiger partial charge on any atom is 0.183 e. The fourth-order valence-corrected chi connectivity index (χ4v) is 9.30. The van der Waals surface area contributed by atoms with Gasteiger partial charge in [0.1, 0.15) is 0 Å². The van der Waals surface area contributed by atoms with Crippen molar-refractivity contribution in [3.05, 3.63) is 30.3 Å². The third kappa shape index (κ3) is 2.87. The minimum absolute atomic E-state index is 0.198. The lowest BCUT2D eigenvalue weighted by atomic mass is 10.4. The molecule has 1 aromatic rings. The number of hydrogen-bond acceptors (Lipinski definition) is 7. The van der Waals surface area contributed by atoms with Crippen LogP contribution in [0.4, 0.5) is 0 Å². The Morgan fingerprint density at radius 3 is 1.95 bits per heavy atom. The molecule has 0 unspecified atom stereocenters. The van der Waals surface area contributed by atoms with E-state index >= 15 is 0 Å². The molecule has 10 heteroatoms. The van der Waals surface area contributed by atoms with Crippen LogP contribution in [0.25, 0.3) is 0 Å². The summed E-state index contributed by atoms with van der Waals surface area (Å²) in [6.45, 7) is 0. The fraction of sp³-hybridized carbons (Fsp3) is 0.400. The van der Waals surface area contributed by atoms with Gasteiger partial charge in [-0.1, -0.05) is 18.2 Å². The summed E-state index contributed by atoms with van der Waals surface area (Å²) in [5.74, 6) is -1.80. The largest absolute Gasteiger partial charge is 0.748 e. The molecule has 0 N–H and O–H groups in total. The zero-order valence-corrected chi connectivity index (χ0v) is 12.5. The highest BCUT2D eigenvalue weighted by Crippen LogP contribution is 2.29. The smallest absolute Gasteiger partial charge is 0.183 e. The van der Waals surface area contributed by atoms with Gasteiger partial charge in [0.2, 0.25) is 0 Å². The Labute approximate surface area is 117 Å². The van der Waals surface area contributed by atoms with Crippen LogP contribution in [-0.2, 0) is 29.8 Å². The highest BCUT2D eigenvalue weighted by atomic mass is 32.2. The Morgan fingerprint density at radius 2 is 1.45 bits per heavy atom. The van der Waals surface area contributed by atoms with Gasteiger partial charge in [-0.15, -0.1) is 0 Å². The standard InChI is InChI=1S/C10H12O7S3/c11-18(12)6-9(10(7-18)20(15,16)17)19(13,14)8-4-2-1-3-5-8/h1-5,9-10H,6-7H2,(H,15,16,17)/p-1/t9-,10-/m0/s1. The highest BCUT2D eigenvalue weighted by molar-refractivity contribution is 7.99. The van der Waals surface area contributed by atoms with Crippen molar-refractivity contribution >= 4 is 29.8 Å². The highest BCUT2D eigenvalue weighted by Gasteiger charge is 2.48. The SMILES string of the molecule is O=S1(=O)C[C@H](S(=O)(=O)[O-])[C@@H](S(=O)(=O)c2ccccc2)C1. The van der Waals surface area contributed by atoms with Crippen molar-refractivity contribution in [2.75, 3.05) is 11.5 Å². The van der Waals surface area contributed by atoms with Gasteiger partial charge in [-0.25, -0.2) is 25.3 Å². The van der Waals surface area contributed by atoms with Crippen LogP contribution in [0.3, 0.4) is 0 Å². The molecule has 1 heterocycles. The van der Waals surface area contributed by atoms with Crippen molar-refractivity contribution in [3.8, 4) is 0 Å². The second kappa shape index (κ2) is 4.79. The fourth-order valence-electron chi connectivity index (χ4n) is 2.13. The van der Waals surface area contributed by atoms with Crippen LogP contribution in [0.5, 0.6) is 0 Å². The number of hydrogen-bond donors (Lipinski definition) is 0. The molecular formula is C10H11O7S3-. The van der Waals surface area contributed by atoms with Crippen molar-refractivity contribution in [2.45, 2.75) is 15.4 Å². The minimum atomic E-state index is -5.02. The monoisotopic (exact) mass is 339 g/mol. The second-order valence-corrected chi connectivity index (χ2v) is 10.4. The van der Waals surface area contributed by atoms with Crippen LogP contribution in [-0.4, -0.2) is 51.8 Å². The molecule has 0 saturated carbocycles. The van der Waals surface area contributed by atoms with Gasteiger partial charge in [0, 0.05) is 0 Å². The predicted molar refractivity (Wildman–Crippen MR) is 69.6 cm³/mol. The molecule has 0 bridgehead atoms. The summed E-state index contributed by atoms with van der Waals surface area (Å²) in [6.07, 6.45) is 0. The van der Waals surface area contributed by atoms with E-state index in [1.54, 1.807) is 6.07 Å². The summed E-state index contributed by atoms with van der Waals surface area (Å²) in [4.78, 5) is -0.198. The van der Waals surface area contributed by atoms with Gasteiger partial charge in [-0.05, 0) is 12.1 Å². The van der Waals surface area contributed by atoms with E-state index in [0.717, 1.165) is 0 Å². The predicted octanol–water partition coefficient (Wildman–Crippen LogP) is -0.829. The molecule has 112 valence electrons. The molecule has 1 aromatic carbocycles. The quantitative estimate of drug-likeness (QED) is 0.658. The molecule has 7 nitrogen and oxygen atoms in total. The summed E-state index contributed by atoms with van der Waals surface area (Å²) >= 11 is 0. The number of sulfone groups is 2. The van der Waals surface area contributed by atoms with Crippen LogP contribution in [0.2, 0.25) is 0 Å². The van der Waals surface area contributed by atoms with Crippen molar-refractivity contribution in [1.82, 2.24) is 0 Å². The molecule has 0 spiro atoms. The number of benzene rings is 1. The van der Waals surface area contributed by atoms with E-state index < -0.39 is 51.8 Å². The van der Waals surface area contributed by atoms with Crippen LogP contribution < -0.4 is 0 Å². The lowest BCUT2D eigenvalue weighted by Gasteiger charge is -2.21. The maximum atomic E-state index is 12.3. The van der Waals surface area contributed by atoms with Crippen LogP contribution in [0, 0.1) is 0 Å². The summed E-state index contributed by atoms with van der Waals surface area (Å²) in [5, 5.41) is -3.71. The molecule has 0 aromatic heterocycles. The van der Waals surface area contributed by atoms with Crippen LogP contribution in [0.1, 0.15) is 0 Å². The summed E-state index contributed by atoms with van der Waals surface area (Å²) in [6, 6.07) is 6.88. The van der Waals surface area contributed by atoms with Gasteiger partial charge in [-0.3, -0.25) is 0 Å². The zero-order valence-electron chi connectivity index (χ0n) is 10.0. The first-order valence-electron chi connectivity index (χ1n) is 5.48.